The van der Waals surface area contributed by atoms with Gasteiger partial charge in [-0.15, -0.1) is 0 Å². The number of hydrogen-bond donors (Lipinski definition) is 1. The zero-order valence-corrected chi connectivity index (χ0v) is 25.1. The summed E-state index contributed by atoms with van der Waals surface area (Å²) in [6, 6.07) is 19.8. The number of aryl methyl sites for hydroxylation is 1. The Hall–Kier alpha value is -3.36. The van der Waals surface area contributed by atoms with Gasteiger partial charge >= 0.3 is 0 Å². The highest BCUT2D eigenvalue weighted by Gasteiger charge is 2.34. The van der Waals surface area contributed by atoms with Crippen LogP contribution in [-0.2, 0) is 26.2 Å². The van der Waals surface area contributed by atoms with Gasteiger partial charge in [-0.05, 0) is 67.6 Å². The summed E-state index contributed by atoms with van der Waals surface area (Å²) in [4.78, 5) is 29.0. The lowest BCUT2D eigenvalue weighted by molar-refractivity contribution is -0.140. The summed E-state index contributed by atoms with van der Waals surface area (Å²) < 4.78 is 29.0. The Labute approximate surface area is 243 Å². The number of nitrogens with one attached hydrogen (secondary N) is 1. The summed E-state index contributed by atoms with van der Waals surface area (Å²) in [5, 5.41) is 3.33. The van der Waals surface area contributed by atoms with Crippen molar-refractivity contribution in [2.24, 2.45) is 0 Å². The molecule has 3 aromatic carbocycles. The lowest BCUT2D eigenvalue weighted by atomic mass is 10.1. The van der Waals surface area contributed by atoms with E-state index in [4.69, 9.17) is 11.6 Å². The molecule has 214 valence electrons. The number of halogens is 1. The maximum Gasteiger partial charge on any atom is 0.264 e. The minimum atomic E-state index is -4.15. The van der Waals surface area contributed by atoms with E-state index in [1.165, 1.54) is 17.0 Å². The molecule has 0 aliphatic heterocycles. The first-order valence-electron chi connectivity index (χ1n) is 13.6. The summed E-state index contributed by atoms with van der Waals surface area (Å²) in [7, 11) is -4.15. The van der Waals surface area contributed by atoms with Crippen LogP contribution in [0.1, 0.15) is 49.8 Å². The molecule has 0 aliphatic carbocycles. The summed E-state index contributed by atoms with van der Waals surface area (Å²) in [6.45, 7) is 7.73. The SMILES string of the molecule is CCCCNC(=O)C(CC)N(Cc1ccccc1C)C(=O)CN(c1cccc(Cl)c1C)S(=O)(=O)c1ccccc1. The van der Waals surface area contributed by atoms with Crippen molar-refractivity contribution < 1.29 is 18.0 Å². The van der Waals surface area contributed by atoms with Crippen molar-refractivity contribution in [1.82, 2.24) is 10.2 Å². The van der Waals surface area contributed by atoms with Crippen LogP contribution in [0.3, 0.4) is 0 Å². The molecule has 1 atom stereocenters. The summed E-state index contributed by atoms with van der Waals surface area (Å²) in [5.41, 5.74) is 2.69. The molecule has 1 unspecified atom stereocenters. The maximum atomic E-state index is 14.2. The maximum absolute atomic E-state index is 14.2. The largest absolute Gasteiger partial charge is 0.354 e. The molecule has 0 saturated carbocycles. The van der Waals surface area contributed by atoms with Crippen LogP contribution in [0.5, 0.6) is 0 Å². The number of sulfonamides is 1. The molecule has 0 heterocycles. The normalized spacial score (nSPS) is 12.0. The number of benzene rings is 3. The van der Waals surface area contributed by atoms with Gasteiger partial charge in [-0.1, -0.05) is 80.4 Å². The van der Waals surface area contributed by atoms with E-state index < -0.39 is 28.5 Å². The van der Waals surface area contributed by atoms with Crippen molar-refractivity contribution in [3.8, 4) is 0 Å². The van der Waals surface area contributed by atoms with E-state index >= 15 is 0 Å². The summed E-state index contributed by atoms with van der Waals surface area (Å²) in [6.07, 6.45) is 2.12. The number of rotatable bonds is 13. The van der Waals surface area contributed by atoms with Crippen LogP contribution in [-0.4, -0.2) is 44.3 Å². The van der Waals surface area contributed by atoms with Crippen molar-refractivity contribution in [2.45, 2.75) is 64.4 Å². The first-order valence-corrected chi connectivity index (χ1v) is 15.4. The van der Waals surface area contributed by atoms with Crippen molar-refractivity contribution in [2.75, 3.05) is 17.4 Å². The molecule has 0 bridgehead atoms. The molecular weight excluding hydrogens is 546 g/mol. The number of carbonyl (C=O) groups excluding carboxylic acids is 2. The molecule has 0 saturated heterocycles. The topological polar surface area (TPSA) is 86.8 Å². The van der Waals surface area contributed by atoms with Crippen LogP contribution in [0.25, 0.3) is 0 Å². The predicted octanol–water partition coefficient (Wildman–Crippen LogP) is 5.88. The van der Waals surface area contributed by atoms with E-state index in [1.807, 2.05) is 45.0 Å². The monoisotopic (exact) mass is 583 g/mol. The third-order valence-electron chi connectivity index (χ3n) is 6.94. The lowest BCUT2D eigenvalue weighted by Gasteiger charge is -2.34. The van der Waals surface area contributed by atoms with Gasteiger partial charge in [0.1, 0.15) is 12.6 Å². The molecule has 0 fully saturated rings. The molecular formula is C31H38ClN3O4S. The summed E-state index contributed by atoms with van der Waals surface area (Å²) in [5.74, 6) is -0.742. The number of hydrogen-bond acceptors (Lipinski definition) is 4. The molecule has 0 aliphatic rings. The van der Waals surface area contributed by atoms with Crippen LogP contribution >= 0.6 is 11.6 Å². The zero-order valence-electron chi connectivity index (χ0n) is 23.6. The van der Waals surface area contributed by atoms with Gasteiger partial charge < -0.3 is 10.2 Å². The summed E-state index contributed by atoms with van der Waals surface area (Å²) >= 11 is 6.38. The molecule has 3 rings (SSSR count). The molecule has 9 heteroatoms. The third kappa shape index (κ3) is 7.43. The quantitative estimate of drug-likeness (QED) is 0.255. The number of anilines is 1. The van der Waals surface area contributed by atoms with E-state index in [0.29, 0.717) is 29.2 Å². The Bertz CT molecular complexity index is 1410. The van der Waals surface area contributed by atoms with E-state index in [-0.39, 0.29) is 17.3 Å². The Morgan fingerprint density at radius 1 is 0.925 bits per heavy atom. The molecule has 0 spiro atoms. The van der Waals surface area contributed by atoms with Gasteiger partial charge in [-0.25, -0.2) is 8.42 Å². The molecule has 2 amide bonds. The van der Waals surface area contributed by atoms with Gasteiger partial charge in [-0.3, -0.25) is 13.9 Å². The predicted molar refractivity (Wildman–Crippen MR) is 161 cm³/mol. The molecule has 0 radical (unpaired) electrons. The molecule has 3 aromatic rings. The van der Waals surface area contributed by atoms with Gasteiger partial charge in [0, 0.05) is 18.1 Å². The zero-order chi connectivity index (χ0) is 29.3. The third-order valence-corrected chi connectivity index (χ3v) is 9.12. The first kappa shape index (κ1) is 31.2. The number of nitrogens with zero attached hydrogens (tertiary/aromatic N) is 2. The fourth-order valence-corrected chi connectivity index (χ4v) is 6.16. The number of amides is 2. The molecule has 0 aromatic heterocycles. The van der Waals surface area contributed by atoms with Gasteiger partial charge in [0.2, 0.25) is 11.8 Å². The first-order chi connectivity index (χ1) is 19.1. The minimum Gasteiger partial charge on any atom is -0.354 e. The second-order valence-electron chi connectivity index (χ2n) is 9.73. The number of unbranched alkanes of at least 4 members (excludes halogenated alkanes) is 1. The van der Waals surface area contributed by atoms with Gasteiger partial charge in [0.05, 0.1) is 10.6 Å². The average molecular weight is 584 g/mol. The van der Waals surface area contributed by atoms with Crippen molar-refractivity contribution in [1.29, 1.82) is 0 Å². The Balaban J connectivity index is 2.08. The average Bonchev–Trinajstić information content (AvgIpc) is 2.94. The van der Waals surface area contributed by atoms with Crippen LogP contribution in [0.2, 0.25) is 5.02 Å². The highest BCUT2D eigenvalue weighted by molar-refractivity contribution is 7.92. The lowest BCUT2D eigenvalue weighted by Crippen LogP contribution is -2.52. The van der Waals surface area contributed by atoms with Crippen LogP contribution in [0.15, 0.2) is 77.7 Å². The molecule has 7 nitrogen and oxygen atoms in total. The second-order valence-corrected chi connectivity index (χ2v) is 12.0. The van der Waals surface area contributed by atoms with Crippen molar-refractivity contribution in [3.05, 3.63) is 94.5 Å². The van der Waals surface area contributed by atoms with E-state index in [0.717, 1.165) is 28.3 Å². The molecule has 1 N–H and O–H groups in total. The van der Waals surface area contributed by atoms with Crippen molar-refractivity contribution in [3.63, 3.8) is 0 Å². The van der Waals surface area contributed by atoms with Gasteiger partial charge in [-0.2, -0.15) is 0 Å². The van der Waals surface area contributed by atoms with Crippen LogP contribution < -0.4 is 9.62 Å². The Morgan fingerprint density at radius 3 is 2.25 bits per heavy atom. The fraction of sp³-hybridized carbons (Fsp3) is 0.355. The standard InChI is InChI=1S/C31H38ClN3O4S/c1-5-7-20-33-31(37)28(6-2)34(21-25-15-12-11-14-23(25)3)30(36)22-35(29-19-13-18-27(32)24(29)4)40(38,39)26-16-9-8-10-17-26/h8-19,28H,5-7,20-22H2,1-4H3,(H,33,37). The van der Waals surface area contributed by atoms with E-state index in [9.17, 15) is 18.0 Å². The molecule has 40 heavy (non-hydrogen) atoms. The van der Waals surface area contributed by atoms with E-state index in [1.54, 1.807) is 43.3 Å². The fourth-order valence-electron chi connectivity index (χ4n) is 4.50. The van der Waals surface area contributed by atoms with Gasteiger partial charge in [0.25, 0.3) is 10.0 Å². The Kier molecular flexibility index (Phi) is 11.2. The second kappa shape index (κ2) is 14.3. The highest BCUT2D eigenvalue weighted by atomic mass is 35.5. The minimum absolute atomic E-state index is 0.0528. The Morgan fingerprint density at radius 2 is 1.60 bits per heavy atom. The van der Waals surface area contributed by atoms with E-state index in [2.05, 4.69) is 5.32 Å². The van der Waals surface area contributed by atoms with Crippen molar-refractivity contribution >= 4 is 39.1 Å². The smallest absolute Gasteiger partial charge is 0.264 e. The number of carbonyl (C=O) groups is 2. The van der Waals surface area contributed by atoms with Crippen LogP contribution in [0.4, 0.5) is 5.69 Å². The highest BCUT2D eigenvalue weighted by Crippen LogP contribution is 2.31. The van der Waals surface area contributed by atoms with Gasteiger partial charge in [0.15, 0.2) is 0 Å². The van der Waals surface area contributed by atoms with Crippen LogP contribution in [0, 0.1) is 13.8 Å².